The van der Waals surface area contributed by atoms with E-state index in [1.54, 1.807) is 0 Å². The summed E-state index contributed by atoms with van der Waals surface area (Å²) in [6.45, 7) is -7.33. The van der Waals surface area contributed by atoms with Crippen LogP contribution in [0.1, 0.15) is 20.7 Å². The van der Waals surface area contributed by atoms with Crippen LogP contribution in [0.3, 0.4) is 0 Å². The predicted molar refractivity (Wildman–Crippen MR) is 93.5 cm³/mol. The summed E-state index contributed by atoms with van der Waals surface area (Å²) < 4.78 is 64.4. The average molecular weight is 440 g/mol. The second-order valence-corrected chi connectivity index (χ2v) is 5.72. The van der Waals surface area contributed by atoms with Crippen LogP contribution in [0.5, 0.6) is 11.5 Å². The van der Waals surface area contributed by atoms with E-state index in [4.69, 9.17) is 4.74 Å². The van der Waals surface area contributed by atoms with Crippen LogP contribution in [0.25, 0.3) is 5.69 Å². The minimum atomic E-state index is -3.32. The number of carbonyl (C=O) groups is 2. The van der Waals surface area contributed by atoms with E-state index < -0.39 is 48.6 Å². The highest BCUT2D eigenvalue weighted by molar-refractivity contribution is 6.01. The Balaban J connectivity index is 1.67. The minimum absolute atomic E-state index is 0.106. The third-order valence-electron chi connectivity index (χ3n) is 3.75. The van der Waals surface area contributed by atoms with Gasteiger partial charge in [0.15, 0.2) is 6.61 Å². The summed E-state index contributed by atoms with van der Waals surface area (Å²) in [5.74, 6) is -2.93. The second-order valence-electron chi connectivity index (χ2n) is 5.72. The Morgan fingerprint density at radius 3 is 2.29 bits per heavy atom. The first-order valence-electron chi connectivity index (χ1n) is 8.41. The Hall–Kier alpha value is -4.03. The number of hydrogen-bond acceptors (Lipinski definition) is 8. The number of esters is 1. The molecule has 0 fully saturated rings. The number of alkyl halides is 4. The van der Waals surface area contributed by atoms with Crippen LogP contribution in [0.2, 0.25) is 0 Å². The number of aromatic nitrogens is 4. The molecule has 0 saturated carbocycles. The van der Waals surface area contributed by atoms with Gasteiger partial charge in [0.05, 0.1) is 16.8 Å². The molecule has 0 radical (unpaired) electrons. The molecular formula is C18H12F4N4O5. The maximum atomic E-state index is 12.6. The molecule has 0 aliphatic heterocycles. The van der Waals surface area contributed by atoms with Gasteiger partial charge in [-0.15, -0.1) is 5.10 Å². The molecular weight excluding hydrogens is 428 g/mol. The van der Waals surface area contributed by atoms with Crippen LogP contribution >= 0.6 is 0 Å². The maximum absolute atomic E-state index is 12.6. The standard InChI is InChI=1S/C18H12F4N4O5/c19-17(20)30-12-5-6-13(15(7-12)31-18(21)22)14(27)8-29-16(28)10-1-3-11(4-2-10)26-9-23-24-25-26/h1-7,9,17-18H,8H2. The summed E-state index contributed by atoms with van der Waals surface area (Å²) in [5.41, 5.74) is 0.274. The summed E-state index contributed by atoms with van der Waals surface area (Å²) >= 11 is 0. The van der Waals surface area contributed by atoms with E-state index in [9.17, 15) is 27.2 Å². The number of rotatable bonds is 9. The van der Waals surface area contributed by atoms with Gasteiger partial charge in [0.25, 0.3) is 0 Å². The van der Waals surface area contributed by atoms with E-state index in [-0.39, 0.29) is 5.56 Å². The molecule has 3 rings (SSSR count). The molecule has 0 aliphatic rings. The topological polar surface area (TPSA) is 105 Å². The van der Waals surface area contributed by atoms with Crippen LogP contribution < -0.4 is 9.47 Å². The Morgan fingerprint density at radius 2 is 1.68 bits per heavy atom. The normalized spacial score (nSPS) is 10.9. The average Bonchev–Trinajstić information content (AvgIpc) is 3.26. The molecule has 0 amide bonds. The first-order chi connectivity index (χ1) is 14.8. The van der Waals surface area contributed by atoms with E-state index >= 15 is 0 Å². The molecule has 0 bridgehead atoms. The second kappa shape index (κ2) is 9.65. The molecule has 0 spiro atoms. The zero-order valence-corrected chi connectivity index (χ0v) is 15.3. The third kappa shape index (κ3) is 5.74. The molecule has 0 aliphatic carbocycles. The molecule has 0 saturated heterocycles. The molecule has 31 heavy (non-hydrogen) atoms. The number of ketones is 1. The van der Waals surface area contributed by atoms with Gasteiger partial charge in [-0.25, -0.2) is 9.48 Å². The van der Waals surface area contributed by atoms with E-state index in [0.717, 1.165) is 12.1 Å². The Morgan fingerprint density at radius 1 is 0.968 bits per heavy atom. The molecule has 13 heteroatoms. The lowest BCUT2D eigenvalue weighted by atomic mass is 10.1. The van der Waals surface area contributed by atoms with Crippen LogP contribution in [0, 0.1) is 0 Å². The van der Waals surface area contributed by atoms with E-state index in [1.165, 1.54) is 35.3 Å². The summed E-state index contributed by atoms with van der Waals surface area (Å²) in [5, 5.41) is 10.6. The predicted octanol–water partition coefficient (Wildman–Crippen LogP) is 2.90. The van der Waals surface area contributed by atoms with Gasteiger partial charge >= 0.3 is 19.2 Å². The minimum Gasteiger partial charge on any atom is -0.454 e. The highest BCUT2D eigenvalue weighted by Gasteiger charge is 2.20. The number of carbonyl (C=O) groups excluding carboxylic acids is 2. The fourth-order valence-corrected chi connectivity index (χ4v) is 2.42. The Labute approximate surface area is 171 Å². The van der Waals surface area contributed by atoms with Gasteiger partial charge in [-0.05, 0) is 46.8 Å². The molecule has 162 valence electrons. The van der Waals surface area contributed by atoms with Crippen molar-refractivity contribution >= 4 is 11.8 Å². The van der Waals surface area contributed by atoms with Crippen molar-refractivity contribution < 1.29 is 41.4 Å². The van der Waals surface area contributed by atoms with Crippen LogP contribution in [0.15, 0.2) is 48.8 Å². The SMILES string of the molecule is O=C(OCC(=O)c1ccc(OC(F)F)cc1OC(F)F)c1ccc(-n2cnnn2)cc1. The number of Topliss-reactive ketones (excluding diaryl/α,β-unsaturated/α-hetero) is 1. The van der Waals surface area contributed by atoms with E-state index in [1.807, 2.05) is 0 Å². The summed E-state index contributed by atoms with van der Waals surface area (Å²) in [6, 6.07) is 8.52. The molecule has 2 aromatic carbocycles. The fraction of sp³-hybridized carbons (Fsp3) is 0.167. The van der Waals surface area contributed by atoms with Gasteiger partial charge in [-0.2, -0.15) is 17.6 Å². The van der Waals surface area contributed by atoms with Crippen LogP contribution in [0.4, 0.5) is 17.6 Å². The lowest BCUT2D eigenvalue weighted by molar-refractivity contribution is -0.0545. The lowest BCUT2D eigenvalue weighted by Crippen LogP contribution is -2.16. The van der Waals surface area contributed by atoms with Crippen molar-refractivity contribution in [2.45, 2.75) is 13.2 Å². The number of hydrogen-bond donors (Lipinski definition) is 0. The monoisotopic (exact) mass is 440 g/mol. The fourth-order valence-electron chi connectivity index (χ4n) is 2.42. The highest BCUT2D eigenvalue weighted by Crippen LogP contribution is 2.28. The molecule has 9 nitrogen and oxygen atoms in total. The molecule has 1 heterocycles. The third-order valence-corrected chi connectivity index (χ3v) is 3.75. The van der Waals surface area contributed by atoms with Crippen molar-refractivity contribution in [3.8, 4) is 17.2 Å². The number of tetrazole rings is 1. The van der Waals surface area contributed by atoms with Gasteiger partial charge in [-0.3, -0.25) is 4.79 Å². The van der Waals surface area contributed by atoms with Crippen LogP contribution in [-0.2, 0) is 4.74 Å². The van der Waals surface area contributed by atoms with Crippen molar-refractivity contribution in [2.75, 3.05) is 6.61 Å². The molecule has 0 unspecified atom stereocenters. The number of benzene rings is 2. The first kappa shape index (κ1) is 21.7. The van der Waals surface area contributed by atoms with Gasteiger partial charge in [0.1, 0.15) is 17.8 Å². The number of nitrogens with zero attached hydrogens (tertiary/aromatic N) is 4. The maximum Gasteiger partial charge on any atom is 0.387 e. The quantitative estimate of drug-likeness (QED) is 0.284. The molecule has 1 aromatic heterocycles. The van der Waals surface area contributed by atoms with Crippen molar-refractivity contribution in [1.82, 2.24) is 20.2 Å². The van der Waals surface area contributed by atoms with E-state index in [2.05, 4.69) is 25.0 Å². The Kier molecular flexibility index (Phi) is 6.74. The zero-order valence-electron chi connectivity index (χ0n) is 15.3. The smallest absolute Gasteiger partial charge is 0.387 e. The van der Waals surface area contributed by atoms with Crippen molar-refractivity contribution in [3.63, 3.8) is 0 Å². The largest absolute Gasteiger partial charge is 0.454 e. The van der Waals surface area contributed by atoms with Crippen molar-refractivity contribution in [3.05, 3.63) is 59.9 Å². The summed E-state index contributed by atoms with van der Waals surface area (Å²) in [7, 11) is 0. The summed E-state index contributed by atoms with van der Waals surface area (Å²) in [4.78, 5) is 24.4. The summed E-state index contributed by atoms with van der Waals surface area (Å²) in [6.07, 6.45) is 1.35. The first-order valence-corrected chi connectivity index (χ1v) is 8.41. The molecule has 0 atom stereocenters. The molecule has 0 N–H and O–H groups in total. The highest BCUT2D eigenvalue weighted by atomic mass is 19.3. The van der Waals surface area contributed by atoms with Crippen LogP contribution in [-0.4, -0.2) is 51.8 Å². The van der Waals surface area contributed by atoms with Gasteiger partial charge in [0.2, 0.25) is 5.78 Å². The molecule has 3 aromatic rings. The number of ether oxygens (including phenoxy) is 3. The van der Waals surface area contributed by atoms with Gasteiger partial charge in [-0.1, -0.05) is 0 Å². The van der Waals surface area contributed by atoms with Gasteiger partial charge in [0, 0.05) is 6.07 Å². The lowest BCUT2D eigenvalue weighted by Gasteiger charge is -2.12. The number of halogens is 4. The Bertz CT molecular complexity index is 1050. The van der Waals surface area contributed by atoms with Crippen molar-refractivity contribution in [2.24, 2.45) is 0 Å². The van der Waals surface area contributed by atoms with Crippen molar-refractivity contribution in [1.29, 1.82) is 0 Å². The zero-order chi connectivity index (χ0) is 22.4. The van der Waals surface area contributed by atoms with E-state index in [0.29, 0.717) is 11.8 Å². The van der Waals surface area contributed by atoms with Gasteiger partial charge < -0.3 is 14.2 Å².